The summed E-state index contributed by atoms with van der Waals surface area (Å²) in [6.45, 7) is 13.7. The molecule has 1 aromatic heterocycles. The zero-order chi connectivity index (χ0) is 22.3. The molecule has 32 heavy (non-hydrogen) atoms. The van der Waals surface area contributed by atoms with E-state index in [1.807, 2.05) is 0 Å². The van der Waals surface area contributed by atoms with E-state index < -0.39 is 0 Å². The Hall–Kier alpha value is -2.05. The topological polar surface area (TPSA) is 66.0 Å². The number of benzene rings is 1. The van der Waals surface area contributed by atoms with Crippen molar-refractivity contribution in [2.24, 2.45) is 0 Å². The fourth-order valence-electron chi connectivity index (χ4n) is 5.68. The molecule has 2 aromatic rings. The molecule has 3 heterocycles. The molecule has 0 spiro atoms. The van der Waals surface area contributed by atoms with Crippen LogP contribution in [0, 0.1) is 0 Å². The maximum Gasteiger partial charge on any atom is 0.228 e. The zero-order valence-electron chi connectivity index (χ0n) is 20.1. The van der Waals surface area contributed by atoms with Gasteiger partial charge in [-0.15, -0.1) is 0 Å². The quantitative estimate of drug-likeness (QED) is 0.763. The van der Waals surface area contributed by atoms with Crippen molar-refractivity contribution >= 4 is 5.95 Å². The van der Waals surface area contributed by atoms with E-state index in [0.29, 0.717) is 12.1 Å². The third kappa shape index (κ3) is 4.27. The van der Waals surface area contributed by atoms with E-state index in [1.54, 1.807) is 6.33 Å². The predicted octanol–water partition coefficient (Wildman–Crippen LogP) is 3.81. The second-order valence-corrected chi connectivity index (χ2v) is 11.3. The summed E-state index contributed by atoms with van der Waals surface area (Å²) in [5.41, 5.74) is 4.42. The van der Waals surface area contributed by atoms with Gasteiger partial charge < -0.3 is 15.5 Å². The molecule has 2 aliphatic heterocycles. The zero-order valence-corrected chi connectivity index (χ0v) is 20.1. The molecule has 0 radical (unpaired) electrons. The lowest BCUT2D eigenvalue weighted by atomic mass is 9.63. The average Bonchev–Trinajstić information content (AvgIpc) is 3.30. The molecule has 6 nitrogen and oxygen atoms in total. The molecule has 172 valence electrons. The number of nitrogens with zero attached hydrogens (tertiary/aromatic N) is 4. The number of nitrogens with one attached hydrogen (secondary N) is 2. The van der Waals surface area contributed by atoms with Crippen LogP contribution < -0.4 is 15.5 Å². The summed E-state index contributed by atoms with van der Waals surface area (Å²) in [7, 11) is 0. The molecule has 0 amide bonds. The Balaban J connectivity index is 1.33. The number of piperidine rings is 1. The van der Waals surface area contributed by atoms with Crippen molar-refractivity contribution < 1.29 is 0 Å². The van der Waals surface area contributed by atoms with E-state index in [2.05, 4.69) is 71.4 Å². The highest BCUT2D eigenvalue weighted by molar-refractivity contribution is 5.61. The van der Waals surface area contributed by atoms with Crippen LogP contribution in [0.1, 0.15) is 70.9 Å². The third-order valence-corrected chi connectivity index (χ3v) is 7.98. The minimum atomic E-state index is 0.181. The predicted molar refractivity (Wildman–Crippen MR) is 130 cm³/mol. The fourth-order valence-corrected chi connectivity index (χ4v) is 5.68. The van der Waals surface area contributed by atoms with Crippen LogP contribution in [-0.2, 0) is 10.8 Å². The van der Waals surface area contributed by atoms with Crippen LogP contribution in [-0.4, -0.2) is 53.2 Å². The maximum absolute atomic E-state index is 4.90. The Labute approximate surface area is 192 Å². The Morgan fingerprint density at radius 2 is 1.69 bits per heavy atom. The summed E-state index contributed by atoms with van der Waals surface area (Å²) in [5, 5.41) is 7.27. The van der Waals surface area contributed by atoms with Gasteiger partial charge in [0.25, 0.3) is 0 Å². The summed E-state index contributed by atoms with van der Waals surface area (Å²) < 4.78 is 0. The van der Waals surface area contributed by atoms with Crippen molar-refractivity contribution in [3.63, 3.8) is 0 Å². The summed E-state index contributed by atoms with van der Waals surface area (Å²) in [6.07, 6.45) is 7.63. The number of anilines is 1. The Morgan fingerprint density at radius 3 is 2.41 bits per heavy atom. The van der Waals surface area contributed by atoms with Crippen molar-refractivity contribution in [3.05, 3.63) is 35.7 Å². The Kier molecular flexibility index (Phi) is 5.70. The van der Waals surface area contributed by atoms with Crippen LogP contribution in [0.2, 0.25) is 0 Å². The normalized spacial score (nSPS) is 25.0. The second-order valence-electron chi connectivity index (χ2n) is 11.3. The maximum atomic E-state index is 4.90. The van der Waals surface area contributed by atoms with Gasteiger partial charge in [0.1, 0.15) is 6.33 Å². The largest absolute Gasteiger partial charge is 0.341 e. The molecule has 2 N–H and O–H groups in total. The van der Waals surface area contributed by atoms with Gasteiger partial charge in [0, 0.05) is 37.3 Å². The summed E-state index contributed by atoms with van der Waals surface area (Å²) in [5.74, 6) is 1.60. The minimum absolute atomic E-state index is 0.181. The molecule has 3 aliphatic rings. The number of hydrogen-bond donors (Lipinski definition) is 2. The van der Waals surface area contributed by atoms with Gasteiger partial charge in [-0.05, 0) is 66.7 Å². The van der Waals surface area contributed by atoms with Crippen LogP contribution in [0.25, 0.3) is 11.4 Å². The van der Waals surface area contributed by atoms with E-state index in [9.17, 15) is 0 Å². The fraction of sp³-hybridized carbons (Fsp3) is 0.654. The number of rotatable bonds is 4. The van der Waals surface area contributed by atoms with Crippen molar-refractivity contribution in [2.45, 2.75) is 82.7 Å². The van der Waals surface area contributed by atoms with Crippen molar-refractivity contribution in [2.75, 3.05) is 31.1 Å². The van der Waals surface area contributed by atoms with Gasteiger partial charge in [0.2, 0.25) is 5.95 Å². The first kappa shape index (κ1) is 21.8. The van der Waals surface area contributed by atoms with Crippen LogP contribution >= 0.6 is 0 Å². The smallest absolute Gasteiger partial charge is 0.228 e. The first-order valence-corrected chi connectivity index (χ1v) is 12.4. The Bertz CT molecular complexity index is 955. The first-order valence-electron chi connectivity index (χ1n) is 12.4. The van der Waals surface area contributed by atoms with Crippen LogP contribution in [0.3, 0.4) is 0 Å². The average molecular weight is 435 g/mol. The molecule has 6 heteroatoms. The molecule has 1 unspecified atom stereocenters. The van der Waals surface area contributed by atoms with E-state index in [1.165, 1.54) is 30.4 Å². The van der Waals surface area contributed by atoms with E-state index in [-0.39, 0.29) is 10.8 Å². The van der Waals surface area contributed by atoms with Gasteiger partial charge in [-0.3, -0.25) is 0 Å². The number of fused-ring (bicyclic) bond motifs is 1. The highest BCUT2D eigenvalue weighted by atomic mass is 15.3. The molecule has 1 aliphatic carbocycles. The van der Waals surface area contributed by atoms with E-state index in [4.69, 9.17) is 4.98 Å². The standard InChI is InChI=1S/C26H38N6/c1-25(2)10-11-26(3,4)22-15-18(5-6-21(22)25)23-28-17-29-24(31-23)32-13-8-19(9-14-32)30-20-7-12-27-16-20/h5-6,15,17,19-20,27,30H,7-14,16H2,1-4H3. The Morgan fingerprint density at radius 1 is 0.938 bits per heavy atom. The molecule has 1 aromatic carbocycles. The van der Waals surface area contributed by atoms with Crippen LogP contribution in [0.5, 0.6) is 0 Å². The molecular weight excluding hydrogens is 396 g/mol. The minimum Gasteiger partial charge on any atom is -0.341 e. The molecule has 0 bridgehead atoms. The van der Waals surface area contributed by atoms with Crippen molar-refractivity contribution in [1.82, 2.24) is 25.6 Å². The van der Waals surface area contributed by atoms with E-state index >= 15 is 0 Å². The summed E-state index contributed by atoms with van der Waals surface area (Å²) >= 11 is 0. The van der Waals surface area contributed by atoms with Gasteiger partial charge >= 0.3 is 0 Å². The lowest BCUT2D eigenvalue weighted by Gasteiger charge is -2.42. The molecular formula is C26H38N6. The monoisotopic (exact) mass is 434 g/mol. The molecule has 0 saturated carbocycles. The number of hydrogen-bond acceptors (Lipinski definition) is 6. The second kappa shape index (κ2) is 8.38. The van der Waals surface area contributed by atoms with Crippen molar-refractivity contribution in [1.29, 1.82) is 0 Å². The van der Waals surface area contributed by atoms with Crippen LogP contribution in [0.15, 0.2) is 24.5 Å². The summed E-state index contributed by atoms with van der Waals surface area (Å²) in [6, 6.07) is 8.08. The van der Waals surface area contributed by atoms with Crippen LogP contribution in [0.4, 0.5) is 5.95 Å². The molecule has 2 saturated heterocycles. The highest BCUT2D eigenvalue weighted by Gasteiger charge is 2.37. The molecule has 1 atom stereocenters. The SMILES string of the molecule is CC1(C)CCC(C)(C)c2cc(-c3ncnc(N4CCC(NC5CCNC5)CC4)n3)ccc21. The molecule has 2 fully saturated rings. The number of aromatic nitrogens is 3. The van der Waals surface area contributed by atoms with Gasteiger partial charge in [-0.2, -0.15) is 4.98 Å². The highest BCUT2D eigenvalue weighted by Crippen LogP contribution is 2.46. The summed E-state index contributed by atoms with van der Waals surface area (Å²) in [4.78, 5) is 16.3. The van der Waals surface area contributed by atoms with Crippen molar-refractivity contribution in [3.8, 4) is 11.4 Å². The molecule has 5 rings (SSSR count). The first-order chi connectivity index (χ1) is 15.3. The van der Waals surface area contributed by atoms with Gasteiger partial charge in [-0.1, -0.05) is 39.8 Å². The van der Waals surface area contributed by atoms with Gasteiger partial charge in [0.15, 0.2) is 5.82 Å². The lowest BCUT2D eigenvalue weighted by Crippen LogP contribution is -2.47. The van der Waals surface area contributed by atoms with Gasteiger partial charge in [0.05, 0.1) is 0 Å². The lowest BCUT2D eigenvalue weighted by molar-refractivity contribution is 0.332. The van der Waals surface area contributed by atoms with E-state index in [0.717, 1.165) is 56.4 Å². The van der Waals surface area contributed by atoms with Gasteiger partial charge in [-0.25, -0.2) is 9.97 Å². The third-order valence-electron chi connectivity index (χ3n) is 7.98.